The van der Waals surface area contributed by atoms with Crippen molar-refractivity contribution in [3.63, 3.8) is 0 Å². The minimum absolute atomic E-state index is 0.0994. The van der Waals surface area contributed by atoms with Crippen molar-refractivity contribution < 1.29 is 4.79 Å². The van der Waals surface area contributed by atoms with E-state index in [-0.39, 0.29) is 11.5 Å². The number of H-pyrrole nitrogens is 1. The number of aromatic amines is 1. The maximum absolute atomic E-state index is 12.8. The Balaban J connectivity index is 1.24. The average molecular weight is 466 g/mol. The first-order chi connectivity index (χ1) is 15.6. The number of thiophene rings is 1. The zero-order chi connectivity index (χ0) is 22.1. The molecule has 1 N–H and O–H groups in total. The first kappa shape index (κ1) is 21.0. The zero-order valence-electron chi connectivity index (χ0n) is 17.7. The number of amides is 1. The Morgan fingerprint density at radius 2 is 1.84 bits per heavy atom. The summed E-state index contributed by atoms with van der Waals surface area (Å²) in [5.41, 5.74) is 2.81. The Labute approximate surface area is 193 Å². The van der Waals surface area contributed by atoms with E-state index in [0.29, 0.717) is 37.3 Å². The summed E-state index contributed by atoms with van der Waals surface area (Å²) in [4.78, 5) is 42.4. The molecule has 0 unspecified atom stereocenters. The van der Waals surface area contributed by atoms with Gasteiger partial charge in [0.15, 0.2) is 0 Å². The van der Waals surface area contributed by atoms with Crippen molar-refractivity contribution in [3.05, 3.63) is 68.0 Å². The van der Waals surface area contributed by atoms with Crippen LogP contribution in [0.5, 0.6) is 0 Å². The van der Waals surface area contributed by atoms with Crippen LogP contribution in [0.1, 0.15) is 16.5 Å². The second-order valence-corrected chi connectivity index (χ2v) is 9.73. The third-order valence-electron chi connectivity index (χ3n) is 5.65. The predicted octanol–water partition coefficient (Wildman–Crippen LogP) is 3.30. The molecule has 0 saturated carbocycles. The number of nitrogens with one attached hydrogen (secondary N) is 1. The van der Waals surface area contributed by atoms with Gasteiger partial charge in [-0.15, -0.1) is 22.7 Å². The molecule has 3 aromatic heterocycles. The molecule has 32 heavy (non-hydrogen) atoms. The number of aryl methyl sites for hydroxylation is 1. The first-order valence-corrected chi connectivity index (χ1v) is 12.3. The van der Waals surface area contributed by atoms with Gasteiger partial charge in [-0.1, -0.05) is 30.3 Å². The van der Waals surface area contributed by atoms with Crippen LogP contribution < -0.4 is 5.56 Å². The van der Waals surface area contributed by atoms with Gasteiger partial charge in [-0.2, -0.15) is 0 Å². The molecule has 9 heteroatoms. The second-order valence-electron chi connectivity index (χ2n) is 7.92. The van der Waals surface area contributed by atoms with Crippen molar-refractivity contribution in [3.8, 4) is 11.1 Å². The van der Waals surface area contributed by atoms with Crippen LogP contribution in [0.2, 0.25) is 0 Å². The number of aromatic nitrogens is 3. The molecule has 4 aromatic rings. The fourth-order valence-corrected chi connectivity index (χ4v) is 5.72. The second kappa shape index (κ2) is 8.93. The molecule has 1 fully saturated rings. The Bertz CT molecular complexity index is 1300. The van der Waals surface area contributed by atoms with E-state index >= 15 is 0 Å². The summed E-state index contributed by atoms with van der Waals surface area (Å²) in [5.74, 6) is 0.793. The summed E-state index contributed by atoms with van der Waals surface area (Å²) in [6, 6.07) is 9.91. The maximum atomic E-state index is 12.8. The van der Waals surface area contributed by atoms with Gasteiger partial charge in [0.2, 0.25) is 5.91 Å². The third-order valence-corrected chi connectivity index (χ3v) is 7.48. The lowest BCUT2D eigenvalue weighted by molar-refractivity contribution is -0.132. The highest BCUT2D eigenvalue weighted by Gasteiger charge is 2.23. The number of thiazole rings is 1. The summed E-state index contributed by atoms with van der Waals surface area (Å²) < 4.78 is 0. The number of benzene rings is 1. The molecule has 0 atom stereocenters. The number of piperazine rings is 1. The highest BCUT2D eigenvalue weighted by atomic mass is 32.1. The lowest BCUT2D eigenvalue weighted by Crippen LogP contribution is -2.49. The van der Waals surface area contributed by atoms with Crippen molar-refractivity contribution in [1.29, 1.82) is 0 Å². The molecule has 1 saturated heterocycles. The molecule has 1 amide bonds. The van der Waals surface area contributed by atoms with Gasteiger partial charge in [0, 0.05) is 48.2 Å². The smallest absolute Gasteiger partial charge is 0.260 e. The summed E-state index contributed by atoms with van der Waals surface area (Å²) in [5, 5.41) is 5.50. The molecule has 5 rings (SSSR count). The van der Waals surface area contributed by atoms with Gasteiger partial charge in [0.25, 0.3) is 5.56 Å². The highest BCUT2D eigenvalue weighted by molar-refractivity contribution is 7.17. The minimum Gasteiger partial charge on any atom is -0.340 e. The van der Waals surface area contributed by atoms with E-state index in [0.717, 1.165) is 39.7 Å². The molecule has 0 spiro atoms. The summed E-state index contributed by atoms with van der Waals surface area (Å²) in [7, 11) is 0. The fraction of sp³-hybridized carbons (Fsp3) is 0.304. The Morgan fingerprint density at radius 1 is 1.06 bits per heavy atom. The number of fused-ring (bicyclic) bond motifs is 1. The molecule has 0 bridgehead atoms. The van der Waals surface area contributed by atoms with E-state index in [1.54, 1.807) is 0 Å². The summed E-state index contributed by atoms with van der Waals surface area (Å²) in [6.45, 7) is 5.36. The maximum Gasteiger partial charge on any atom is 0.260 e. The van der Waals surface area contributed by atoms with Gasteiger partial charge in [-0.05, 0) is 12.5 Å². The lowest BCUT2D eigenvalue weighted by atomic mass is 10.1. The van der Waals surface area contributed by atoms with Crippen LogP contribution in [0.25, 0.3) is 21.3 Å². The molecule has 0 aliphatic carbocycles. The van der Waals surface area contributed by atoms with Crippen LogP contribution >= 0.6 is 22.7 Å². The molecule has 1 aliphatic rings. The van der Waals surface area contributed by atoms with Crippen LogP contribution in [-0.2, 0) is 17.8 Å². The van der Waals surface area contributed by atoms with Gasteiger partial charge >= 0.3 is 0 Å². The van der Waals surface area contributed by atoms with Crippen molar-refractivity contribution in [2.24, 2.45) is 0 Å². The number of carbonyl (C=O) groups is 1. The molecular weight excluding hydrogens is 442 g/mol. The standard InChI is InChI=1S/C23H23N5O2S2/c1-15-13-31-19(24-15)11-20(29)28-9-7-27(8-10-28)12-18-25-22(30)21-17(14-32-23(21)26-18)16-5-3-2-4-6-16/h2-6,13-14H,7-12H2,1H3,(H,25,26,30). The highest BCUT2D eigenvalue weighted by Crippen LogP contribution is 2.30. The SMILES string of the molecule is Cc1csc(CC(=O)N2CCN(Cc3nc4scc(-c5ccccc5)c4c(=O)[nH]3)CC2)n1. The molecule has 7 nitrogen and oxygen atoms in total. The number of nitrogens with zero attached hydrogens (tertiary/aromatic N) is 4. The molecule has 4 heterocycles. The Hall–Kier alpha value is -2.88. The summed E-state index contributed by atoms with van der Waals surface area (Å²) in [6.07, 6.45) is 0.367. The van der Waals surface area contributed by atoms with Crippen molar-refractivity contribution in [1.82, 2.24) is 24.8 Å². The van der Waals surface area contributed by atoms with Crippen molar-refractivity contribution in [2.45, 2.75) is 19.9 Å². The fourth-order valence-electron chi connectivity index (χ4n) is 3.99. The van der Waals surface area contributed by atoms with Crippen LogP contribution in [-0.4, -0.2) is 56.8 Å². The number of rotatable bonds is 5. The van der Waals surface area contributed by atoms with Crippen LogP contribution in [0.3, 0.4) is 0 Å². The van der Waals surface area contributed by atoms with E-state index in [1.165, 1.54) is 22.7 Å². The first-order valence-electron chi connectivity index (χ1n) is 10.5. The molecule has 0 radical (unpaired) electrons. The van der Waals surface area contributed by atoms with Gasteiger partial charge in [0.05, 0.1) is 18.4 Å². The van der Waals surface area contributed by atoms with E-state index in [1.807, 2.05) is 52.9 Å². The van der Waals surface area contributed by atoms with E-state index < -0.39 is 0 Å². The Morgan fingerprint density at radius 3 is 2.56 bits per heavy atom. The van der Waals surface area contributed by atoms with Gasteiger partial charge in [-0.3, -0.25) is 14.5 Å². The van der Waals surface area contributed by atoms with Crippen LogP contribution in [0, 0.1) is 6.92 Å². The minimum atomic E-state index is -0.0994. The largest absolute Gasteiger partial charge is 0.340 e. The van der Waals surface area contributed by atoms with Crippen LogP contribution in [0.4, 0.5) is 0 Å². The molecular formula is C23H23N5O2S2. The van der Waals surface area contributed by atoms with Crippen LogP contribution in [0.15, 0.2) is 45.9 Å². The number of hydrogen-bond acceptors (Lipinski definition) is 7. The van der Waals surface area contributed by atoms with E-state index in [2.05, 4.69) is 14.9 Å². The number of carbonyl (C=O) groups excluding carboxylic acids is 1. The number of hydrogen-bond donors (Lipinski definition) is 1. The quantitative estimate of drug-likeness (QED) is 0.489. The molecule has 1 aliphatic heterocycles. The van der Waals surface area contributed by atoms with Gasteiger partial charge in [-0.25, -0.2) is 9.97 Å². The van der Waals surface area contributed by atoms with Crippen molar-refractivity contribution in [2.75, 3.05) is 26.2 Å². The van der Waals surface area contributed by atoms with E-state index in [9.17, 15) is 9.59 Å². The monoisotopic (exact) mass is 465 g/mol. The third kappa shape index (κ3) is 4.36. The lowest BCUT2D eigenvalue weighted by Gasteiger charge is -2.34. The molecule has 164 valence electrons. The van der Waals surface area contributed by atoms with Crippen molar-refractivity contribution >= 4 is 38.8 Å². The topological polar surface area (TPSA) is 82.2 Å². The molecule has 1 aromatic carbocycles. The van der Waals surface area contributed by atoms with E-state index in [4.69, 9.17) is 4.98 Å². The zero-order valence-corrected chi connectivity index (χ0v) is 19.3. The van der Waals surface area contributed by atoms with Gasteiger partial charge in [0.1, 0.15) is 15.7 Å². The normalized spacial score (nSPS) is 14.8. The summed E-state index contributed by atoms with van der Waals surface area (Å²) >= 11 is 3.04. The van der Waals surface area contributed by atoms with Gasteiger partial charge < -0.3 is 9.88 Å². The average Bonchev–Trinajstić information content (AvgIpc) is 3.41. The predicted molar refractivity (Wildman–Crippen MR) is 128 cm³/mol. The Kier molecular flexibility index (Phi) is 5.86.